The Morgan fingerprint density at radius 3 is 2.56 bits per heavy atom. The van der Waals surface area contributed by atoms with Gasteiger partial charge in [-0.05, 0) is 49.6 Å². The number of nitrogens with zero attached hydrogens (tertiary/aromatic N) is 2. The Morgan fingerprint density at radius 1 is 1.16 bits per heavy atom. The molecular formula is C20H25FN4. The van der Waals surface area contributed by atoms with Gasteiger partial charge in [0.15, 0.2) is 5.96 Å². The van der Waals surface area contributed by atoms with Gasteiger partial charge in [0.2, 0.25) is 0 Å². The van der Waals surface area contributed by atoms with Crippen molar-refractivity contribution in [2.24, 2.45) is 4.99 Å². The highest BCUT2D eigenvalue weighted by Crippen LogP contribution is 2.43. The van der Waals surface area contributed by atoms with E-state index >= 15 is 0 Å². The van der Waals surface area contributed by atoms with E-state index in [1.54, 1.807) is 18.3 Å². The quantitative estimate of drug-likeness (QED) is 0.626. The summed E-state index contributed by atoms with van der Waals surface area (Å²) >= 11 is 0. The summed E-state index contributed by atoms with van der Waals surface area (Å²) in [4.78, 5) is 8.93. The fourth-order valence-corrected chi connectivity index (χ4v) is 3.22. The molecule has 1 aliphatic carbocycles. The molecule has 1 aromatic carbocycles. The van der Waals surface area contributed by atoms with Gasteiger partial charge in [-0.1, -0.05) is 24.6 Å². The second-order valence-electron chi connectivity index (χ2n) is 6.51. The molecule has 3 rings (SSSR count). The predicted molar refractivity (Wildman–Crippen MR) is 99.0 cm³/mol. The van der Waals surface area contributed by atoms with E-state index in [1.807, 2.05) is 30.3 Å². The first-order chi connectivity index (χ1) is 12.2. The number of guanidine groups is 1. The number of rotatable bonds is 6. The number of hydrogen-bond donors (Lipinski definition) is 2. The third kappa shape index (κ3) is 4.35. The molecular weight excluding hydrogens is 315 g/mol. The minimum absolute atomic E-state index is 0.0783. The van der Waals surface area contributed by atoms with Crippen molar-refractivity contribution in [2.75, 3.05) is 13.1 Å². The SMILES string of the molecule is CCNC(=NCc1ccccn1)NCC1(c2ccc(F)cc2)CCC1. The van der Waals surface area contributed by atoms with Crippen LogP contribution in [0.1, 0.15) is 37.4 Å². The lowest BCUT2D eigenvalue weighted by Crippen LogP contribution is -2.48. The lowest BCUT2D eigenvalue weighted by molar-refractivity contribution is 0.243. The molecule has 0 spiro atoms. The van der Waals surface area contributed by atoms with Gasteiger partial charge >= 0.3 is 0 Å². The summed E-state index contributed by atoms with van der Waals surface area (Å²) in [6, 6.07) is 12.8. The summed E-state index contributed by atoms with van der Waals surface area (Å²) in [7, 11) is 0. The van der Waals surface area contributed by atoms with Crippen molar-refractivity contribution in [1.82, 2.24) is 15.6 Å². The Bertz CT molecular complexity index is 693. The molecule has 0 aliphatic heterocycles. The molecule has 1 aromatic heterocycles. The third-order valence-electron chi connectivity index (χ3n) is 4.83. The molecule has 1 saturated carbocycles. The molecule has 1 heterocycles. The Kier molecular flexibility index (Phi) is 5.64. The Balaban J connectivity index is 1.66. The van der Waals surface area contributed by atoms with Crippen LogP contribution in [0.5, 0.6) is 0 Å². The number of benzene rings is 1. The van der Waals surface area contributed by atoms with Crippen molar-refractivity contribution in [1.29, 1.82) is 0 Å². The maximum Gasteiger partial charge on any atom is 0.191 e. The van der Waals surface area contributed by atoms with E-state index in [0.717, 1.165) is 37.6 Å². The van der Waals surface area contributed by atoms with Crippen molar-refractivity contribution in [3.8, 4) is 0 Å². The molecule has 0 unspecified atom stereocenters. The van der Waals surface area contributed by atoms with Crippen molar-refractivity contribution in [3.63, 3.8) is 0 Å². The number of aromatic nitrogens is 1. The molecule has 0 atom stereocenters. The highest BCUT2D eigenvalue weighted by atomic mass is 19.1. The highest BCUT2D eigenvalue weighted by molar-refractivity contribution is 5.79. The largest absolute Gasteiger partial charge is 0.357 e. The van der Waals surface area contributed by atoms with Crippen molar-refractivity contribution in [3.05, 3.63) is 65.7 Å². The Hall–Kier alpha value is -2.43. The van der Waals surface area contributed by atoms with Gasteiger partial charge in [0, 0.05) is 24.7 Å². The maximum absolute atomic E-state index is 13.2. The van der Waals surface area contributed by atoms with E-state index in [4.69, 9.17) is 0 Å². The lowest BCUT2D eigenvalue weighted by Gasteiger charge is -2.43. The summed E-state index contributed by atoms with van der Waals surface area (Å²) in [6.45, 7) is 4.20. The minimum atomic E-state index is -0.184. The average Bonchev–Trinajstić information content (AvgIpc) is 2.61. The zero-order valence-electron chi connectivity index (χ0n) is 14.6. The van der Waals surface area contributed by atoms with Crippen LogP contribution in [0.3, 0.4) is 0 Å². The van der Waals surface area contributed by atoms with Crippen LogP contribution in [0, 0.1) is 5.82 Å². The first kappa shape index (κ1) is 17.4. The van der Waals surface area contributed by atoms with Crippen LogP contribution in [-0.2, 0) is 12.0 Å². The number of hydrogen-bond acceptors (Lipinski definition) is 2. The van der Waals surface area contributed by atoms with E-state index in [-0.39, 0.29) is 11.2 Å². The highest BCUT2D eigenvalue weighted by Gasteiger charge is 2.38. The summed E-state index contributed by atoms with van der Waals surface area (Å²) in [5.74, 6) is 0.609. The van der Waals surface area contributed by atoms with Crippen LogP contribution in [0.15, 0.2) is 53.7 Å². The summed E-state index contributed by atoms with van der Waals surface area (Å²) in [5.41, 5.74) is 2.22. The van der Waals surface area contributed by atoms with Gasteiger partial charge in [0.1, 0.15) is 5.82 Å². The van der Waals surface area contributed by atoms with Crippen LogP contribution in [-0.4, -0.2) is 24.0 Å². The smallest absolute Gasteiger partial charge is 0.191 e. The van der Waals surface area contributed by atoms with Gasteiger partial charge in [0.05, 0.1) is 12.2 Å². The number of aliphatic imine (C=N–C) groups is 1. The molecule has 0 radical (unpaired) electrons. The molecule has 5 heteroatoms. The van der Waals surface area contributed by atoms with Crippen molar-refractivity contribution in [2.45, 2.75) is 38.1 Å². The predicted octanol–water partition coefficient (Wildman–Crippen LogP) is 3.40. The summed E-state index contributed by atoms with van der Waals surface area (Å²) < 4.78 is 13.2. The van der Waals surface area contributed by atoms with Crippen LogP contribution in [0.25, 0.3) is 0 Å². The summed E-state index contributed by atoms with van der Waals surface area (Å²) in [5, 5.41) is 6.75. The molecule has 4 nitrogen and oxygen atoms in total. The fourth-order valence-electron chi connectivity index (χ4n) is 3.22. The Morgan fingerprint density at radius 2 is 1.96 bits per heavy atom. The second kappa shape index (κ2) is 8.10. The molecule has 2 aromatic rings. The van der Waals surface area contributed by atoms with E-state index in [1.165, 1.54) is 12.0 Å². The average molecular weight is 340 g/mol. The van der Waals surface area contributed by atoms with Gasteiger partial charge < -0.3 is 10.6 Å². The summed E-state index contributed by atoms with van der Waals surface area (Å²) in [6.07, 6.45) is 5.22. The number of pyridine rings is 1. The first-order valence-electron chi connectivity index (χ1n) is 8.90. The Labute approximate surface area is 148 Å². The molecule has 25 heavy (non-hydrogen) atoms. The van der Waals surface area contributed by atoms with Gasteiger partial charge in [0.25, 0.3) is 0 Å². The van der Waals surface area contributed by atoms with Crippen molar-refractivity contribution >= 4 is 5.96 Å². The number of nitrogens with one attached hydrogen (secondary N) is 2. The zero-order chi connectivity index (χ0) is 17.5. The molecule has 0 bridgehead atoms. The van der Waals surface area contributed by atoms with Crippen LogP contribution in [0.2, 0.25) is 0 Å². The third-order valence-corrected chi connectivity index (χ3v) is 4.83. The fraction of sp³-hybridized carbons (Fsp3) is 0.400. The first-order valence-corrected chi connectivity index (χ1v) is 8.90. The minimum Gasteiger partial charge on any atom is -0.357 e. The molecule has 0 amide bonds. The zero-order valence-corrected chi connectivity index (χ0v) is 14.6. The van der Waals surface area contributed by atoms with Crippen LogP contribution < -0.4 is 10.6 Å². The standard InChI is InChI=1S/C20H25FN4/c1-2-22-19(24-14-18-6-3-4-13-23-18)25-15-20(11-5-12-20)16-7-9-17(21)10-8-16/h3-4,6-10,13H,2,5,11-12,14-15H2,1H3,(H2,22,24,25). The molecule has 0 saturated heterocycles. The van der Waals surface area contributed by atoms with E-state index in [9.17, 15) is 4.39 Å². The van der Waals surface area contributed by atoms with Crippen LogP contribution in [0.4, 0.5) is 4.39 Å². The monoisotopic (exact) mass is 340 g/mol. The van der Waals surface area contributed by atoms with Crippen molar-refractivity contribution < 1.29 is 4.39 Å². The van der Waals surface area contributed by atoms with E-state index in [2.05, 4.69) is 27.5 Å². The second-order valence-corrected chi connectivity index (χ2v) is 6.51. The van der Waals surface area contributed by atoms with Crippen LogP contribution >= 0.6 is 0 Å². The van der Waals surface area contributed by atoms with E-state index in [0.29, 0.717) is 6.54 Å². The van der Waals surface area contributed by atoms with Gasteiger partial charge in [-0.3, -0.25) is 4.98 Å². The number of halogens is 1. The van der Waals surface area contributed by atoms with E-state index < -0.39 is 0 Å². The lowest BCUT2D eigenvalue weighted by atomic mass is 9.64. The topological polar surface area (TPSA) is 49.3 Å². The normalized spacial score (nSPS) is 16.2. The van der Waals surface area contributed by atoms with Gasteiger partial charge in [-0.15, -0.1) is 0 Å². The molecule has 1 aliphatic rings. The van der Waals surface area contributed by atoms with Gasteiger partial charge in [-0.25, -0.2) is 9.38 Å². The molecule has 1 fully saturated rings. The van der Waals surface area contributed by atoms with Gasteiger partial charge in [-0.2, -0.15) is 0 Å². The molecule has 2 N–H and O–H groups in total. The molecule has 132 valence electrons. The maximum atomic E-state index is 13.2.